The molecule has 0 saturated carbocycles. The fourth-order valence-corrected chi connectivity index (χ4v) is 6.01. The number of hydrogen-bond donors (Lipinski definition) is 5. The van der Waals surface area contributed by atoms with Gasteiger partial charge in [-0.05, 0) is 35.9 Å². The van der Waals surface area contributed by atoms with E-state index in [0.29, 0.717) is 0 Å². The first kappa shape index (κ1) is 21.1. The molecule has 5 rings (SSSR count). The van der Waals surface area contributed by atoms with E-state index in [2.05, 4.69) is 31.3 Å². The van der Waals surface area contributed by atoms with Crippen molar-refractivity contribution in [3.05, 3.63) is 27.7 Å². The van der Waals surface area contributed by atoms with Gasteiger partial charge in [0.2, 0.25) is 11.9 Å². The summed E-state index contributed by atoms with van der Waals surface area (Å²) in [6, 6.07) is 2.14. The van der Waals surface area contributed by atoms with Gasteiger partial charge < -0.3 is 15.5 Å². The Hall–Kier alpha value is -2.80. The van der Waals surface area contributed by atoms with Crippen LogP contribution in [-0.2, 0) is 19.9 Å². The number of aromatic nitrogens is 4. The van der Waals surface area contributed by atoms with E-state index in [1.807, 2.05) is 0 Å². The molecular weight excluding hydrogens is 465 g/mol. The van der Waals surface area contributed by atoms with Gasteiger partial charge in [-0.1, -0.05) is 28.3 Å². The number of halogens is 2. The smallest absolute Gasteiger partial charge is 0.310 e. The highest BCUT2D eigenvalue weighted by molar-refractivity contribution is 6.38. The summed E-state index contributed by atoms with van der Waals surface area (Å²) in [7, 11) is 0. The Morgan fingerprint density at radius 3 is 2.75 bits per heavy atom. The van der Waals surface area contributed by atoms with Crippen LogP contribution in [0.25, 0.3) is 0 Å². The lowest BCUT2D eigenvalue weighted by Gasteiger charge is -2.36. The van der Waals surface area contributed by atoms with Gasteiger partial charge in [0.05, 0.1) is 22.2 Å². The topological polar surface area (TPSA) is 173 Å². The maximum absolute atomic E-state index is 13.5. The van der Waals surface area contributed by atoms with Gasteiger partial charge in [-0.25, -0.2) is 5.10 Å². The molecule has 0 radical (unpaired) electrons. The number of hydrogen-bond acceptors (Lipinski definition) is 8. The molecule has 3 aliphatic heterocycles. The molecule has 1 spiro atoms. The predicted octanol–water partition coefficient (Wildman–Crippen LogP) is 0.448. The quantitative estimate of drug-likeness (QED) is 0.416. The molecule has 0 bridgehead atoms. The third-order valence-electron chi connectivity index (χ3n) is 6.44. The van der Waals surface area contributed by atoms with Crippen LogP contribution in [0.5, 0.6) is 0 Å². The van der Waals surface area contributed by atoms with Crippen molar-refractivity contribution < 1.29 is 24.6 Å². The third-order valence-corrected chi connectivity index (χ3v) is 6.96. The number of nitrogens with one attached hydrogen (secondary N) is 3. The van der Waals surface area contributed by atoms with Crippen LogP contribution < -0.4 is 10.6 Å². The standard InChI is InChI=1S/C18H17Cl2N7O5/c1-17(32)4-9-10(13(28)22-16-23-25-26-24-16)11(14(29)30)18(27(9)5-17)7-2-6(19)3-8(20)12(7)21-15(18)31/h2-3,9-11,32H,4-5H2,1H3,(H,21,31)(H,29,30)(H2,22,23,24,25,26,28)/t9?,10?,11?,17-,18?/m0/s1. The highest BCUT2D eigenvalue weighted by atomic mass is 35.5. The van der Waals surface area contributed by atoms with Gasteiger partial charge in [0.1, 0.15) is 11.5 Å². The summed E-state index contributed by atoms with van der Waals surface area (Å²) in [4.78, 5) is 41.0. The van der Waals surface area contributed by atoms with Crippen molar-refractivity contribution in [2.24, 2.45) is 11.8 Å². The Morgan fingerprint density at radius 2 is 2.09 bits per heavy atom. The van der Waals surface area contributed by atoms with Crippen molar-refractivity contribution >= 4 is 52.6 Å². The van der Waals surface area contributed by atoms with Crippen molar-refractivity contribution in [2.45, 2.75) is 30.5 Å². The second-order valence-corrected chi connectivity index (χ2v) is 9.35. The number of rotatable bonds is 3. The summed E-state index contributed by atoms with van der Waals surface area (Å²) in [5.74, 6) is -5.50. The molecule has 2 aromatic rings. The van der Waals surface area contributed by atoms with Crippen molar-refractivity contribution in [1.82, 2.24) is 25.5 Å². The zero-order chi connectivity index (χ0) is 23.0. The summed E-state index contributed by atoms with van der Waals surface area (Å²) < 4.78 is 0. The number of aromatic amines is 1. The maximum atomic E-state index is 13.5. The predicted molar refractivity (Wildman–Crippen MR) is 110 cm³/mol. The second-order valence-electron chi connectivity index (χ2n) is 8.51. The lowest BCUT2D eigenvalue weighted by Crippen LogP contribution is -2.54. The highest BCUT2D eigenvalue weighted by Gasteiger charge is 2.73. The minimum absolute atomic E-state index is 0.0356. The number of amides is 2. The van der Waals surface area contributed by atoms with E-state index in [1.165, 1.54) is 12.1 Å². The summed E-state index contributed by atoms with van der Waals surface area (Å²) in [5, 5.41) is 39.4. The van der Waals surface area contributed by atoms with Gasteiger partial charge in [-0.3, -0.25) is 24.6 Å². The minimum Gasteiger partial charge on any atom is -0.481 e. The zero-order valence-electron chi connectivity index (χ0n) is 16.5. The molecule has 1 aromatic heterocycles. The van der Waals surface area contributed by atoms with Crippen molar-refractivity contribution in [2.75, 3.05) is 17.2 Å². The number of anilines is 2. The number of fused-ring (bicyclic) bond motifs is 4. The summed E-state index contributed by atoms with van der Waals surface area (Å²) in [5.41, 5.74) is -2.58. The molecule has 12 nitrogen and oxygen atoms in total. The number of carbonyl (C=O) groups excluding carboxylic acids is 2. The largest absolute Gasteiger partial charge is 0.481 e. The van der Waals surface area contributed by atoms with Crippen LogP contribution in [-0.4, -0.2) is 71.7 Å². The number of aliphatic carboxylic acids is 1. The number of aliphatic hydroxyl groups is 1. The maximum Gasteiger partial charge on any atom is 0.310 e. The molecular formula is C18H17Cl2N7O5. The highest BCUT2D eigenvalue weighted by Crippen LogP contribution is 2.60. The van der Waals surface area contributed by atoms with Crippen molar-refractivity contribution in [1.29, 1.82) is 0 Å². The Morgan fingerprint density at radius 1 is 1.34 bits per heavy atom. The minimum atomic E-state index is -1.80. The van der Waals surface area contributed by atoms with Gasteiger partial charge in [-0.2, -0.15) is 0 Å². The molecule has 0 aliphatic carbocycles. The molecule has 32 heavy (non-hydrogen) atoms. The van der Waals surface area contributed by atoms with Gasteiger partial charge in [0.25, 0.3) is 5.91 Å². The fourth-order valence-electron chi connectivity index (χ4n) is 5.47. The van der Waals surface area contributed by atoms with E-state index in [-0.39, 0.29) is 40.2 Å². The van der Waals surface area contributed by atoms with E-state index in [0.717, 1.165) is 0 Å². The van der Waals surface area contributed by atoms with Crippen LogP contribution in [0.3, 0.4) is 0 Å². The monoisotopic (exact) mass is 481 g/mol. The van der Waals surface area contributed by atoms with Crippen LogP contribution >= 0.6 is 23.2 Å². The molecule has 2 saturated heterocycles. The van der Waals surface area contributed by atoms with Crippen LogP contribution in [0, 0.1) is 11.8 Å². The Balaban J connectivity index is 1.72. The second kappa shape index (κ2) is 6.85. The normalized spacial score (nSPS) is 33.2. The lowest BCUT2D eigenvalue weighted by molar-refractivity contribution is -0.152. The molecule has 3 aliphatic rings. The molecule has 14 heteroatoms. The van der Waals surface area contributed by atoms with E-state index < -0.39 is 46.8 Å². The molecule has 2 fully saturated rings. The van der Waals surface area contributed by atoms with E-state index >= 15 is 0 Å². The van der Waals surface area contributed by atoms with Gasteiger partial charge in [-0.15, -0.1) is 0 Å². The summed E-state index contributed by atoms with van der Waals surface area (Å²) in [6.45, 7) is 1.54. The van der Waals surface area contributed by atoms with Gasteiger partial charge in [0.15, 0.2) is 0 Å². The summed E-state index contributed by atoms with van der Waals surface area (Å²) in [6.07, 6.45) is 0.0716. The van der Waals surface area contributed by atoms with E-state index in [9.17, 15) is 24.6 Å². The van der Waals surface area contributed by atoms with Gasteiger partial charge >= 0.3 is 5.97 Å². The molecule has 168 valence electrons. The number of carboxylic acids is 1. The first-order valence-corrected chi connectivity index (χ1v) is 10.4. The Labute approximate surface area is 190 Å². The molecule has 1 aromatic carbocycles. The molecule has 4 unspecified atom stereocenters. The molecule has 4 heterocycles. The lowest BCUT2D eigenvalue weighted by atomic mass is 9.73. The Bertz CT molecular complexity index is 1160. The average Bonchev–Trinajstić information content (AvgIpc) is 3.41. The number of H-pyrrole nitrogens is 1. The number of carboxylic acid groups (broad SMARTS) is 1. The number of benzene rings is 1. The van der Waals surface area contributed by atoms with E-state index in [4.69, 9.17) is 23.2 Å². The third kappa shape index (κ3) is 2.76. The Kier molecular flexibility index (Phi) is 4.51. The molecule has 2 amide bonds. The molecule has 5 atom stereocenters. The van der Waals surface area contributed by atoms with Crippen LogP contribution in [0.4, 0.5) is 11.6 Å². The molecule has 5 N–H and O–H groups in total. The number of nitrogens with zero attached hydrogens (tertiary/aromatic N) is 4. The van der Waals surface area contributed by atoms with Crippen molar-refractivity contribution in [3.63, 3.8) is 0 Å². The van der Waals surface area contributed by atoms with Gasteiger partial charge in [0, 0.05) is 23.2 Å². The first-order chi connectivity index (χ1) is 15.1. The zero-order valence-corrected chi connectivity index (χ0v) is 18.0. The number of carbonyl (C=O) groups is 3. The van der Waals surface area contributed by atoms with Crippen LogP contribution in [0.1, 0.15) is 18.9 Å². The van der Waals surface area contributed by atoms with Crippen LogP contribution in [0.2, 0.25) is 10.0 Å². The average molecular weight is 482 g/mol. The SMILES string of the molecule is C[C@]1(O)CC2C(C(=O)Nc3nnn[nH]3)C(C(=O)O)C3(C(=O)Nc4c(Cl)cc(Cl)cc43)N2C1. The fraction of sp³-hybridized carbons (Fsp3) is 0.444. The summed E-state index contributed by atoms with van der Waals surface area (Å²) >= 11 is 12.5. The van der Waals surface area contributed by atoms with E-state index in [1.54, 1.807) is 11.8 Å². The first-order valence-electron chi connectivity index (χ1n) is 9.64. The van der Waals surface area contributed by atoms with Crippen LogP contribution in [0.15, 0.2) is 12.1 Å². The van der Waals surface area contributed by atoms with Crippen molar-refractivity contribution in [3.8, 4) is 0 Å². The number of tetrazole rings is 1.